The van der Waals surface area contributed by atoms with Crippen LogP contribution in [-0.2, 0) is 27.2 Å². The van der Waals surface area contributed by atoms with Crippen LogP contribution in [0.4, 0.5) is 0 Å². The number of amides is 1. The molecule has 0 aliphatic rings. The standard InChI is InChI=1S/C22H27NO7/c1-26-17-8-6-14(11-19(17)28-3)10-16(22(25)30-5)23-21(24)13-15-7-9-18(27-2)20(12-15)29-4/h6-9,11-12,16H,10,13H2,1-5H3,(H,23,24). The van der Waals surface area contributed by atoms with E-state index in [4.69, 9.17) is 23.7 Å². The van der Waals surface area contributed by atoms with Gasteiger partial charge in [0.15, 0.2) is 23.0 Å². The average molecular weight is 417 g/mol. The lowest BCUT2D eigenvalue weighted by atomic mass is 10.0. The quantitative estimate of drug-likeness (QED) is 0.592. The van der Waals surface area contributed by atoms with Crippen molar-refractivity contribution in [2.75, 3.05) is 35.5 Å². The molecule has 8 nitrogen and oxygen atoms in total. The minimum Gasteiger partial charge on any atom is -0.493 e. The largest absolute Gasteiger partial charge is 0.493 e. The van der Waals surface area contributed by atoms with Crippen LogP contribution in [0.1, 0.15) is 11.1 Å². The van der Waals surface area contributed by atoms with Crippen LogP contribution in [0.15, 0.2) is 36.4 Å². The van der Waals surface area contributed by atoms with Crippen LogP contribution in [0.2, 0.25) is 0 Å². The summed E-state index contributed by atoms with van der Waals surface area (Å²) in [6, 6.07) is 9.67. The van der Waals surface area contributed by atoms with Gasteiger partial charge in [0, 0.05) is 6.42 Å². The number of esters is 1. The Kier molecular flexibility index (Phi) is 8.34. The van der Waals surface area contributed by atoms with Gasteiger partial charge < -0.3 is 29.0 Å². The Balaban J connectivity index is 2.13. The Morgan fingerprint density at radius 1 is 0.767 bits per heavy atom. The van der Waals surface area contributed by atoms with Gasteiger partial charge >= 0.3 is 5.97 Å². The maximum Gasteiger partial charge on any atom is 0.328 e. The van der Waals surface area contributed by atoms with Gasteiger partial charge in [-0.2, -0.15) is 0 Å². The molecule has 0 fully saturated rings. The number of rotatable bonds is 10. The van der Waals surface area contributed by atoms with Crippen molar-refractivity contribution in [1.82, 2.24) is 5.32 Å². The van der Waals surface area contributed by atoms with Gasteiger partial charge in [0.1, 0.15) is 6.04 Å². The molecule has 0 aliphatic heterocycles. The highest BCUT2D eigenvalue weighted by molar-refractivity contribution is 5.86. The Labute approximate surface area is 176 Å². The molecule has 8 heteroatoms. The SMILES string of the molecule is COC(=O)C(Cc1ccc(OC)c(OC)c1)NC(=O)Cc1ccc(OC)c(OC)c1. The molecule has 1 amide bonds. The van der Waals surface area contributed by atoms with E-state index in [1.54, 1.807) is 50.6 Å². The van der Waals surface area contributed by atoms with Crippen LogP contribution in [0, 0.1) is 0 Å². The van der Waals surface area contributed by atoms with E-state index < -0.39 is 12.0 Å². The van der Waals surface area contributed by atoms with Gasteiger partial charge in [0.25, 0.3) is 0 Å². The molecule has 0 radical (unpaired) electrons. The third kappa shape index (κ3) is 5.79. The molecule has 2 rings (SSSR count). The summed E-state index contributed by atoms with van der Waals surface area (Å²) in [4.78, 5) is 24.8. The molecule has 162 valence electrons. The average Bonchev–Trinajstić information content (AvgIpc) is 2.77. The summed E-state index contributed by atoms with van der Waals surface area (Å²) in [6.45, 7) is 0. The van der Waals surface area contributed by atoms with Crippen molar-refractivity contribution >= 4 is 11.9 Å². The van der Waals surface area contributed by atoms with Gasteiger partial charge in [0.05, 0.1) is 42.0 Å². The third-order valence-electron chi connectivity index (χ3n) is 4.52. The van der Waals surface area contributed by atoms with Crippen LogP contribution >= 0.6 is 0 Å². The zero-order valence-electron chi connectivity index (χ0n) is 17.8. The zero-order valence-corrected chi connectivity index (χ0v) is 17.8. The molecule has 0 saturated carbocycles. The van der Waals surface area contributed by atoms with E-state index in [0.29, 0.717) is 23.0 Å². The summed E-state index contributed by atoms with van der Waals surface area (Å²) in [6.07, 6.45) is 0.310. The maximum absolute atomic E-state index is 12.6. The highest BCUT2D eigenvalue weighted by Crippen LogP contribution is 2.29. The van der Waals surface area contributed by atoms with Crippen LogP contribution < -0.4 is 24.3 Å². The topological polar surface area (TPSA) is 92.3 Å². The lowest BCUT2D eigenvalue weighted by Gasteiger charge is -2.18. The molecule has 0 spiro atoms. The van der Waals surface area contributed by atoms with Crippen molar-refractivity contribution in [1.29, 1.82) is 0 Å². The lowest BCUT2D eigenvalue weighted by molar-refractivity contribution is -0.145. The number of hydrogen-bond acceptors (Lipinski definition) is 7. The van der Waals surface area contributed by atoms with Crippen molar-refractivity contribution in [3.63, 3.8) is 0 Å². The predicted octanol–water partition coefficient (Wildman–Crippen LogP) is 2.16. The normalized spacial score (nSPS) is 11.2. The zero-order chi connectivity index (χ0) is 22.1. The van der Waals surface area contributed by atoms with E-state index in [-0.39, 0.29) is 18.7 Å². The van der Waals surface area contributed by atoms with Crippen molar-refractivity contribution in [3.05, 3.63) is 47.5 Å². The van der Waals surface area contributed by atoms with E-state index in [2.05, 4.69) is 5.32 Å². The van der Waals surface area contributed by atoms with Gasteiger partial charge in [-0.1, -0.05) is 12.1 Å². The van der Waals surface area contributed by atoms with Gasteiger partial charge in [-0.25, -0.2) is 4.79 Å². The molecular weight excluding hydrogens is 390 g/mol. The van der Waals surface area contributed by atoms with Crippen molar-refractivity contribution in [2.24, 2.45) is 0 Å². The fourth-order valence-corrected chi connectivity index (χ4v) is 3.00. The number of carbonyl (C=O) groups excluding carboxylic acids is 2. The second-order valence-electron chi connectivity index (χ2n) is 6.40. The van der Waals surface area contributed by atoms with Crippen LogP contribution in [0.3, 0.4) is 0 Å². The number of carbonyl (C=O) groups is 2. The van der Waals surface area contributed by atoms with Gasteiger partial charge in [-0.3, -0.25) is 4.79 Å². The first-order chi connectivity index (χ1) is 14.4. The van der Waals surface area contributed by atoms with Crippen molar-refractivity contribution < 1.29 is 33.3 Å². The Hall–Kier alpha value is -3.42. The molecule has 0 bridgehead atoms. The van der Waals surface area contributed by atoms with Gasteiger partial charge in [-0.05, 0) is 35.4 Å². The summed E-state index contributed by atoms with van der Waals surface area (Å²) in [5.41, 5.74) is 1.51. The fourth-order valence-electron chi connectivity index (χ4n) is 3.00. The molecule has 0 aromatic heterocycles. The summed E-state index contributed by atoms with van der Waals surface area (Å²) in [7, 11) is 7.43. The minimum absolute atomic E-state index is 0.0692. The molecule has 30 heavy (non-hydrogen) atoms. The summed E-state index contributed by atoms with van der Waals surface area (Å²) < 4.78 is 25.8. The molecule has 2 aromatic carbocycles. The third-order valence-corrected chi connectivity index (χ3v) is 4.52. The minimum atomic E-state index is -0.847. The van der Waals surface area contributed by atoms with E-state index in [1.165, 1.54) is 21.3 Å². The molecule has 0 heterocycles. The number of ether oxygens (including phenoxy) is 5. The van der Waals surface area contributed by atoms with Crippen LogP contribution in [0.5, 0.6) is 23.0 Å². The highest BCUT2D eigenvalue weighted by atomic mass is 16.5. The summed E-state index contributed by atoms with van der Waals surface area (Å²) >= 11 is 0. The highest BCUT2D eigenvalue weighted by Gasteiger charge is 2.23. The molecular formula is C22H27NO7. The fraction of sp³-hybridized carbons (Fsp3) is 0.364. The second kappa shape index (κ2) is 10.9. The van der Waals surface area contributed by atoms with E-state index >= 15 is 0 Å². The van der Waals surface area contributed by atoms with E-state index in [0.717, 1.165) is 11.1 Å². The number of methoxy groups -OCH3 is 5. The first-order valence-corrected chi connectivity index (χ1v) is 9.24. The molecule has 1 atom stereocenters. The van der Waals surface area contributed by atoms with Crippen molar-refractivity contribution in [3.8, 4) is 23.0 Å². The molecule has 1 N–H and O–H groups in total. The monoisotopic (exact) mass is 417 g/mol. The number of hydrogen-bond donors (Lipinski definition) is 1. The first-order valence-electron chi connectivity index (χ1n) is 9.24. The van der Waals surface area contributed by atoms with Crippen LogP contribution in [0.25, 0.3) is 0 Å². The molecule has 0 aliphatic carbocycles. The second-order valence-corrected chi connectivity index (χ2v) is 6.40. The Bertz CT molecular complexity index is 882. The maximum atomic E-state index is 12.6. The molecule has 0 saturated heterocycles. The molecule has 2 aromatic rings. The Morgan fingerprint density at radius 2 is 1.27 bits per heavy atom. The van der Waals surface area contributed by atoms with Crippen LogP contribution in [-0.4, -0.2) is 53.5 Å². The predicted molar refractivity (Wildman–Crippen MR) is 110 cm³/mol. The van der Waals surface area contributed by atoms with E-state index in [1.807, 2.05) is 0 Å². The Morgan fingerprint density at radius 3 is 1.77 bits per heavy atom. The van der Waals surface area contributed by atoms with Gasteiger partial charge in [-0.15, -0.1) is 0 Å². The van der Waals surface area contributed by atoms with Gasteiger partial charge in [0.2, 0.25) is 5.91 Å². The summed E-state index contributed by atoms with van der Waals surface area (Å²) in [5.74, 6) is 1.35. The van der Waals surface area contributed by atoms with E-state index in [9.17, 15) is 9.59 Å². The molecule has 1 unspecified atom stereocenters. The first kappa shape index (κ1) is 22.9. The smallest absolute Gasteiger partial charge is 0.328 e. The number of benzene rings is 2. The van der Waals surface area contributed by atoms with Crippen molar-refractivity contribution in [2.45, 2.75) is 18.9 Å². The summed E-state index contributed by atoms with van der Waals surface area (Å²) in [5, 5.41) is 2.74. The number of nitrogens with one attached hydrogen (secondary N) is 1. The lowest BCUT2D eigenvalue weighted by Crippen LogP contribution is -2.43.